The largest absolute Gasteiger partial charge is 0.478 e. The van der Waals surface area contributed by atoms with E-state index in [1.165, 1.54) is 23.3 Å². The van der Waals surface area contributed by atoms with E-state index < -0.39 is 16.0 Å². The van der Waals surface area contributed by atoms with Crippen LogP contribution >= 0.6 is 0 Å². The Kier molecular flexibility index (Phi) is 5.64. The highest BCUT2D eigenvalue weighted by Crippen LogP contribution is 2.21. The second-order valence-corrected chi connectivity index (χ2v) is 8.65. The van der Waals surface area contributed by atoms with Crippen molar-refractivity contribution in [2.24, 2.45) is 0 Å². The molecule has 2 aromatic rings. The Morgan fingerprint density at radius 1 is 1.19 bits per heavy atom. The molecule has 0 unspecified atom stereocenters. The quantitative estimate of drug-likeness (QED) is 0.793. The third kappa shape index (κ3) is 4.37. The van der Waals surface area contributed by atoms with Crippen molar-refractivity contribution in [3.63, 3.8) is 0 Å². The predicted octanol–water partition coefficient (Wildman–Crippen LogP) is 2.34. The smallest absolute Gasteiger partial charge is 0.335 e. The van der Waals surface area contributed by atoms with E-state index in [9.17, 15) is 18.3 Å². The molecule has 0 bridgehead atoms. The number of benzene rings is 2. The molecule has 2 aromatic carbocycles. The lowest BCUT2D eigenvalue weighted by Crippen LogP contribution is -2.38. The van der Waals surface area contributed by atoms with Gasteiger partial charge in [-0.05, 0) is 54.7 Å². The molecule has 1 aliphatic heterocycles. The van der Waals surface area contributed by atoms with Crippen molar-refractivity contribution in [2.75, 3.05) is 19.6 Å². The summed E-state index contributed by atoms with van der Waals surface area (Å²) in [6.45, 7) is 5.99. The van der Waals surface area contributed by atoms with Gasteiger partial charge in [-0.25, -0.2) is 17.9 Å². The van der Waals surface area contributed by atoms with E-state index in [2.05, 4.69) is 21.8 Å². The van der Waals surface area contributed by atoms with Crippen LogP contribution in [0, 0.1) is 13.8 Å². The molecule has 1 aliphatic rings. The summed E-state index contributed by atoms with van der Waals surface area (Å²) in [5.74, 6) is -1.14. The van der Waals surface area contributed by atoms with Gasteiger partial charge in [0.25, 0.3) is 0 Å². The number of carboxylic acid groups (broad SMARTS) is 1. The fourth-order valence-electron chi connectivity index (χ4n) is 3.39. The fourth-order valence-corrected chi connectivity index (χ4v) is 4.75. The Balaban J connectivity index is 1.67. The van der Waals surface area contributed by atoms with E-state index in [4.69, 9.17) is 0 Å². The highest BCUT2D eigenvalue weighted by Gasteiger charge is 2.21. The van der Waals surface area contributed by atoms with E-state index >= 15 is 0 Å². The minimum atomic E-state index is -3.77. The number of hydrogen-bond donors (Lipinski definition) is 2. The summed E-state index contributed by atoms with van der Waals surface area (Å²) in [7, 11) is -3.77. The van der Waals surface area contributed by atoms with Gasteiger partial charge in [0.2, 0.25) is 10.0 Å². The predicted molar refractivity (Wildman–Crippen MR) is 103 cm³/mol. The van der Waals surface area contributed by atoms with Gasteiger partial charge in [0.15, 0.2) is 0 Å². The van der Waals surface area contributed by atoms with Crippen LogP contribution in [0.3, 0.4) is 0 Å². The average Bonchev–Trinajstić information content (AvgIpc) is 2.63. The molecule has 144 valence electrons. The number of fused-ring (bicyclic) bond motifs is 1. The third-order valence-corrected chi connectivity index (χ3v) is 6.67. The maximum atomic E-state index is 12.7. The van der Waals surface area contributed by atoms with Crippen molar-refractivity contribution < 1.29 is 18.3 Å². The van der Waals surface area contributed by atoms with Crippen molar-refractivity contribution in [2.45, 2.75) is 31.7 Å². The first-order chi connectivity index (χ1) is 12.8. The van der Waals surface area contributed by atoms with Crippen LogP contribution in [0.1, 0.15) is 32.6 Å². The molecule has 7 heteroatoms. The van der Waals surface area contributed by atoms with E-state index in [0.717, 1.165) is 19.5 Å². The zero-order valence-corrected chi connectivity index (χ0v) is 16.3. The molecular weight excluding hydrogens is 364 g/mol. The van der Waals surface area contributed by atoms with Gasteiger partial charge in [-0.2, -0.15) is 0 Å². The van der Waals surface area contributed by atoms with E-state index in [0.29, 0.717) is 17.7 Å². The van der Waals surface area contributed by atoms with Crippen LogP contribution in [0.2, 0.25) is 0 Å². The van der Waals surface area contributed by atoms with Crippen molar-refractivity contribution in [3.05, 3.63) is 64.2 Å². The Hall–Kier alpha value is -2.22. The first-order valence-electron chi connectivity index (χ1n) is 8.91. The molecule has 2 N–H and O–H groups in total. The number of hydrogen-bond acceptors (Lipinski definition) is 4. The van der Waals surface area contributed by atoms with E-state index in [-0.39, 0.29) is 17.0 Å². The van der Waals surface area contributed by atoms with E-state index in [1.807, 2.05) is 12.1 Å². The second kappa shape index (κ2) is 7.80. The van der Waals surface area contributed by atoms with Crippen LogP contribution in [0.4, 0.5) is 0 Å². The molecular formula is C20H24N2O4S. The van der Waals surface area contributed by atoms with Crippen LogP contribution in [0.15, 0.2) is 41.3 Å². The zero-order chi connectivity index (χ0) is 19.6. The number of sulfonamides is 1. The molecule has 0 saturated heterocycles. The maximum Gasteiger partial charge on any atom is 0.335 e. The minimum absolute atomic E-state index is 0.0221. The normalized spacial score (nSPS) is 14.7. The topological polar surface area (TPSA) is 86.7 Å². The van der Waals surface area contributed by atoms with Gasteiger partial charge in [0, 0.05) is 26.2 Å². The van der Waals surface area contributed by atoms with Gasteiger partial charge in [-0.3, -0.25) is 4.90 Å². The molecule has 6 nitrogen and oxygen atoms in total. The average molecular weight is 388 g/mol. The minimum Gasteiger partial charge on any atom is -0.478 e. The maximum absolute atomic E-state index is 12.7. The molecule has 3 rings (SSSR count). The number of rotatable bonds is 6. The molecule has 27 heavy (non-hydrogen) atoms. The highest BCUT2D eigenvalue weighted by molar-refractivity contribution is 7.89. The van der Waals surface area contributed by atoms with Gasteiger partial charge < -0.3 is 5.11 Å². The monoisotopic (exact) mass is 388 g/mol. The standard InChI is InChI=1S/C20H24N2O4S/c1-14-11-18(20(23)24)12-19(15(14)2)27(25,26)21-8-10-22-9-7-16-5-3-4-6-17(16)13-22/h3-6,11-12,21H,7-10,13H2,1-2H3,(H,23,24). The van der Waals surface area contributed by atoms with Crippen LogP contribution in [-0.4, -0.2) is 44.0 Å². The van der Waals surface area contributed by atoms with Gasteiger partial charge >= 0.3 is 5.97 Å². The molecule has 0 spiro atoms. The van der Waals surface area contributed by atoms with Gasteiger partial charge in [0.1, 0.15) is 0 Å². The Morgan fingerprint density at radius 3 is 2.59 bits per heavy atom. The van der Waals surface area contributed by atoms with Gasteiger partial charge in [0.05, 0.1) is 10.5 Å². The molecule has 0 fully saturated rings. The summed E-state index contributed by atoms with van der Waals surface area (Å²) >= 11 is 0. The Bertz CT molecular complexity index is 970. The molecule has 0 radical (unpaired) electrons. The Morgan fingerprint density at radius 2 is 1.89 bits per heavy atom. The number of aryl methyl sites for hydroxylation is 1. The fraction of sp³-hybridized carbons (Fsp3) is 0.350. The first kappa shape index (κ1) is 19.5. The lowest BCUT2D eigenvalue weighted by molar-refractivity contribution is 0.0696. The lowest BCUT2D eigenvalue weighted by atomic mass is 10.0. The van der Waals surface area contributed by atoms with E-state index in [1.54, 1.807) is 13.8 Å². The summed E-state index contributed by atoms with van der Waals surface area (Å²) in [6, 6.07) is 11.0. The number of carbonyl (C=O) groups is 1. The molecule has 1 heterocycles. The summed E-state index contributed by atoms with van der Waals surface area (Å²) < 4.78 is 28.0. The molecule has 0 amide bonds. The summed E-state index contributed by atoms with van der Waals surface area (Å²) in [5, 5.41) is 9.19. The third-order valence-electron chi connectivity index (χ3n) is 5.09. The highest BCUT2D eigenvalue weighted by atomic mass is 32.2. The number of aromatic carboxylic acids is 1. The van der Waals surface area contributed by atoms with Crippen LogP contribution in [0.25, 0.3) is 0 Å². The second-order valence-electron chi connectivity index (χ2n) is 6.91. The molecule has 0 atom stereocenters. The first-order valence-corrected chi connectivity index (χ1v) is 10.4. The van der Waals surface area contributed by atoms with Crippen molar-refractivity contribution in [1.82, 2.24) is 9.62 Å². The zero-order valence-electron chi connectivity index (χ0n) is 15.5. The van der Waals surface area contributed by atoms with Gasteiger partial charge in [-0.1, -0.05) is 24.3 Å². The summed E-state index contributed by atoms with van der Waals surface area (Å²) in [4.78, 5) is 13.5. The molecule has 0 aliphatic carbocycles. The van der Waals surface area contributed by atoms with Crippen LogP contribution in [-0.2, 0) is 23.0 Å². The lowest BCUT2D eigenvalue weighted by Gasteiger charge is -2.28. The molecule has 0 aromatic heterocycles. The number of nitrogens with one attached hydrogen (secondary N) is 1. The van der Waals surface area contributed by atoms with Crippen molar-refractivity contribution in [3.8, 4) is 0 Å². The summed E-state index contributed by atoms with van der Waals surface area (Å²) in [6.07, 6.45) is 0.960. The van der Waals surface area contributed by atoms with Crippen LogP contribution < -0.4 is 4.72 Å². The van der Waals surface area contributed by atoms with Crippen molar-refractivity contribution in [1.29, 1.82) is 0 Å². The molecule has 0 saturated carbocycles. The van der Waals surface area contributed by atoms with Gasteiger partial charge in [-0.15, -0.1) is 0 Å². The SMILES string of the molecule is Cc1cc(C(=O)O)cc(S(=O)(=O)NCCN2CCc3ccccc3C2)c1C. The van der Waals surface area contributed by atoms with Crippen LogP contribution in [0.5, 0.6) is 0 Å². The Labute approximate surface area is 159 Å². The number of nitrogens with zero attached hydrogens (tertiary/aromatic N) is 1. The summed E-state index contributed by atoms with van der Waals surface area (Å²) in [5.41, 5.74) is 3.83. The van der Waals surface area contributed by atoms with Crippen molar-refractivity contribution >= 4 is 16.0 Å². The number of carboxylic acids is 1.